The summed E-state index contributed by atoms with van der Waals surface area (Å²) in [5, 5.41) is 14.4. The van der Waals surface area contributed by atoms with Crippen LogP contribution in [0.15, 0.2) is 34.8 Å². The summed E-state index contributed by atoms with van der Waals surface area (Å²) < 4.78 is 7.36. The molecule has 1 aromatic carbocycles. The summed E-state index contributed by atoms with van der Waals surface area (Å²) in [5.41, 5.74) is 3.19. The van der Waals surface area contributed by atoms with Gasteiger partial charge in [-0.15, -0.1) is 21.5 Å². The van der Waals surface area contributed by atoms with E-state index in [1.165, 1.54) is 22.2 Å². The Morgan fingerprint density at radius 3 is 2.68 bits per heavy atom. The molecule has 8 heteroatoms. The first-order valence-electron chi connectivity index (χ1n) is 9.15. The Balaban J connectivity index is 1.62. The molecule has 1 N–H and O–H groups in total. The molecule has 1 amide bonds. The highest BCUT2D eigenvalue weighted by atomic mass is 32.2. The van der Waals surface area contributed by atoms with Gasteiger partial charge in [-0.25, -0.2) is 0 Å². The maximum Gasteiger partial charge on any atom is 0.234 e. The van der Waals surface area contributed by atoms with E-state index in [0.29, 0.717) is 6.61 Å². The lowest BCUT2D eigenvalue weighted by molar-refractivity contribution is -0.113. The number of carbonyl (C=O) groups excluding carboxylic acids is 1. The predicted octanol–water partition coefficient (Wildman–Crippen LogP) is 4.54. The molecule has 0 spiro atoms. The van der Waals surface area contributed by atoms with Crippen LogP contribution in [0, 0.1) is 6.92 Å². The SMILES string of the molecule is CCOc1ccc(NC(=O)CSc2nnc(-c3csc(C)c3CC)n2C)cc1. The van der Waals surface area contributed by atoms with Crippen LogP contribution in [0.1, 0.15) is 24.3 Å². The molecule has 148 valence electrons. The second kappa shape index (κ2) is 9.25. The molecule has 0 aliphatic carbocycles. The van der Waals surface area contributed by atoms with E-state index in [1.807, 2.05) is 42.8 Å². The molecule has 0 saturated heterocycles. The second-order valence-electron chi connectivity index (χ2n) is 6.20. The van der Waals surface area contributed by atoms with E-state index in [1.54, 1.807) is 11.3 Å². The number of aryl methyl sites for hydroxylation is 1. The van der Waals surface area contributed by atoms with Crippen molar-refractivity contribution < 1.29 is 9.53 Å². The number of thiophene rings is 1. The van der Waals surface area contributed by atoms with Gasteiger partial charge in [-0.1, -0.05) is 18.7 Å². The first-order chi connectivity index (χ1) is 13.5. The third-order valence-electron chi connectivity index (χ3n) is 4.31. The molecule has 3 rings (SSSR count). The molecular weight excluding hydrogens is 392 g/mol. The zero-order chi connectivity index (χ0) is 20.1. The van der Waals surface area contributed by atoms with Gasteiger partial charge in [-0.05, 0) is 50.1 Å². The van der Waals surface area contributed by atoms with Crippen molar-refractivity contribution in [1.29, 1.82) is 0 Å². The Hall–Kier alpha value is -2.32. The van der Waals surface area contributed by atoms with Crippen LogP contribution in [0.25, 0.3) is 11.4 Å². The number of carbonyl (C=O) groups is 1. The third-order valence-corrected chi connectivity index (χ3v) is 6.29. The van der Waals surface area contributed by atoms with Crippen molar-refractivity contribution in [2.24, 2.45) is 7.05 Å². The summed E-state index contributed by atoms with van der Waals surface area (Å²) in [5.74, 6) is 1.81. The van der Waals surface area contributed by atoms with Crippen molar-refractivity contribution in [3.8, 4) is 17.1 Å². The van der Waals surface area contributed by atoms with Crippen LogP contribution in [0.5, 0.6) is 5.75 Å². The Bertz CT molecular complexity index is 948. The highest BCUT2D eigenvalue weighted by molar-refractivity contribution is 7.99. The summed E-state index contributed by atoms with van der Waals surface area (Å²) in [6.07, 6.45) is 0.963. The van der Waals surface area contributed by atoms with Gasteiger partial charge in [0.15, 0.2) is 11.0 Å². The largest absolute Gasteiger partial charge is 0.494 e. The van der Waals surface area contributed by atoms with Crippen molar-refractivity contribution >= 4 is 34.7 Å². The summed E-state index contributed by atoms with van der Waals surface area (Å²) in [6, 6.07) is 7.35. The molecule has 2 heterocycles. The van der Waals surface area contributed by atoms with Gasteiger partial charge in [-0.2, -0.15) is 0 Å². The smallest absolute Gasteiger partial charge is 0.234 e. The molecule has 6 nitrogen and oxygen atoms in total. The van der Waals surface area contributed by atoms with Crippen LogP contribution in [0.4, 0.5) is 5.69 Å². The van der Waals surface area contributed by atoms with Gasteiger partial charge < -0.3 is 14.6 Å². The van der Waals surface area contributed by atoms with Crippen LogP contribution >= 0.6 is 23.1 Å². The molecule has 3 aromatic rings. The van der Waals surface area contributed by atoms with E-state index >= 15 is 0 Å². The van der Waals surface area contributed by atoms with Crippen molar-refractivity contribution in [3.63, 3.8) is 0 Å². The number of amides is 1. The first kappa shape index (κ1) is 20.4. The average Bonchev–Trinajstić information content (AvgIpc) is 3.23. The molecule has 0 radical (unpaired) electrons. The van der Waals surface area contributed by atoms with E-state index in [9.17, 15) is 4.79 Å². The normalized spacial score (nSPS) is 10.9. The Kier molecular flexibility index (Phi) is 6.74. The molecule has 0 aliphatic heterocycles. The fraction of sp³-hybridized carbons (Fsp3) is 0.350. The quantitative estimate of drug-likeness (QED) is 0.546. The third kappa shape index (κ3) is 4.56. The molecule has 0 fully saturated rings. The number of ether oxygens (including phenoxy) is 1. The maximum atomic E-state index is 12.3. The number of aromatic nitrogens is 3. The Labute approximate surface area is 173 Å². The highest BCUT2D eigenvalue weighted by Gasteiger charge is 2.17. The standard InChI is InChI=1S/C20H24N4O2S2/c1-5-16-13(3)27-11-17(16)19-22-23-20(24(19)4)28-12-18(25)21-14-7-9-15(10-8-14)26-6-2/h7-11H,5-6,12H2,1-4H3,(H,21,25). The van der Waals surface area contributed by atoms with E-state index in [0.717, 1.165) is 34.4 Å². The zero-order valence-electron chi connectivity index (χ0n) is 16.5. The van der Waals surface area contributed by atoms with Crippen LogP contribution in [-0.4, -0.2) is 33.0 Å². The monoisotopic (exact) mass is 416 g/mol. The number of nitrogens with one attached hydrogen (secondary N) is 1. The molecular formula is C20H24N4O2S2. The van der Waals surface area contributed by atoms with Gasteiger partial charge in [0.05, 0.1) is 12.4 Å². The summed E-state index contributed by atoms with van der Waals surface area (Å²) in [4.78, 5) is 13.6. The molecule has 2 aromatic heterocycles. The zero-order valence-corrected chi connectivity index (χ0v) is 18.1. The molecule has 0 bridgehead atoms. The maximum absolute atomic E-state index is 12.3. The first-order valence-corrected chi connectivity index (χ1v) is 11.0. The van der Waals surface area contributed by atoms with Crippen molar-refractivity contribution in [3.05, 3.63) is 40.1 Å². The Morgan fingerprint density at radius 2 is 2.00 bits per heavy atom. The van der Waals surface area contributed by atoms with Gasteiger partial charge in [0.2, 0.25) is 5.91 Å². The van der Waals surface area contributed by atoms with E-state index < -0.39 is 0 Å². The number of hydrogen-bond donors (Lipinski definition) is 1. The molecule has 0 saturated carbocycles. The number of anilines is 1. The number of hydrogen-bond acceptors (Lipinski definition) is 6. The number of benzene rings is 1. The van der Waals surface area contributed by atoms with Crippen LogP contribution in [-0.2, 0) is 18.3 Å². The lowest BCUT2D eigenvalue weighted by atomic mass is 10.1. The molecule has 0 unspecified atom stereocenters. The van der Waals surface area contributed by atoms with E-state index in [4.69, 9.17) is 4.74 Å². The van der Waals surface area contributed by atoms with Crippen LogP contribution < -0.4 is 10.1 Å². The average molecular weight is 417 g/mol. The topological polar surface area (TPSA) is 69.0 Å². The number of nitrogens with zero attached hydrogens (tertiary/aromatic N) is 3. The van der Waals surface area contributed by atoms with Crippen LogP contribution in [0.2, 0.25) is 0 Å². The van der Waals surface area contributed by atoms with Crippen molar-refractivity contribution in [2.75, 3.05) is 17.7 Å². The fourth-order valence-electron chi connectivity index (χ4n) is 2.91. The Morgan fingerprint density at radius 1 is 1.25 bits per heavy atom. The highest BCUT2D eigenvalue weighted by Crippen LogP contribution is 2.32. The van der Waals surface area contributed by atoms with Crippen LogP contribution in [0.3, 0.4) is 0 Å². The van der Waals surface area contributed by atoms with E-state index in [-0.39, 0.29) is 11.7 Å². The van der Waals surface area contributed by atoms with Gasteiger partial charge in [0.1, 0.15) is 5.75 Å². The molecule has 0 aliphatic rings. The minimum atomic E-state index is -0.0839. The predicted molar refractivity (Wildman–Crippen MR) is 115 cm³/mol. The fourth-order valence-corrected chi connectivity index (χ4v) is 4.56. The summed E-state index contributed by atoms with van der Waals surface area (Å²) in [6.45, 7) is 6.83. The van der Waals surface area contributed by atoms with Crippen molar-refractivity contribution in [2.45, 2.75) is 32.3 Å². The van der Waals surface area contributed by atoms with Gasteiger partial charge >= 0.3 is 0 Å². The lowest BCUT2D eigenvalue weighted by Crippen LogP contribution is -2.14. The van der Waals surface area contributed by atoms with Gasteiger partial charge in [0.25, 0.3) is 0 Å². The summed E-state index contributed by atoms with van der Waals surface area (Å²) in [7, 11) is 1.94. The minimum Gasteiger partial charge on any atom is -0.494 e. The van der Waals surface area contributed by atoms with Gasteiger partial charge in [0, 0.05) is 28.6 Å². The molecule has 28 heavy (non-hydrogen) atoms. The number of thioether (sulfide) groups is 1. The van der Waals surface area contributed by atoms with Gasteiger partial charge in [-0.3, -0.25) is 4.79 Å². The molecule has 0 atom stereocenters. The van der Waals surface area contributed by atoms with E-state index in [2.05, 4.69) is 34.7 Å². The lowest BCUT2D eigenvalue weighted by Gasteiger charge is -2.07. The summed E-state index contributed by atoms with van der Waals surface area (Å²) >= 11 is 3.11. The minimum absolute atomic E-state index is 0.0839. The van der Waals surface area contributed by atoms with Crippen molar-refractivity contribution in [1.82, 2.24) is 14.8 Å². The number of rotatable bonds is 8. The second-order valence-corrected chi connectivity index (χ2v) is 8.22.